The van der Waals surface area contributed by atoms with Gasteiger partial charge in [0.1, 0.15) is 11.9 Å². The zero-order valence-electron chi connectivity index (χ0n) is 17.1. The Morgan fingerprint density at radius 3 is 2.21 bits per heavy atom. The average molecular weight is 402 g/mol. The van der Waals surface area contributed by atoms with Crippen LogP contribution < -0.4 is 4.74 Å². The second-order valence-corrected chi connectivity index (χ2v) is 8.04. The van der Waals surface area contributed by atoms with E-state index in [0.29, 0.717) is 50.7 Å². The van der Waals surface area contributed by atoms with Gasteiger partial charge in [0.05, 0.1) is 18.8 Å². The van der Waals surface area contributed by atoms with E-state index in [2.05, 4.69) is 0 Å². The summed E-state index contributed by atoms with van der Waals surface area (Å²) >= 11 is 0. The van der Waals surface area contributed by atoms with Crippen molar-refractivity contribution in [1.29, 1.82) is 0 Å². The molecular weight excluding hydrogens is 370 g/mol. The highest BCUT2D eigenvalue weighted by Gasteiger charge is 2.29. The fraction of sp³-hybridized carbons (Fsp3) is 0.636. The van der Waals surface area contributed by atoms with Gasteiger partial charge in [-0.1, -0.05) is 12.1 Å². The van der Waals surface area contributed by atoms with Gasteiger partial charge in [0, 0.05) is 52.1 Å². The third-order valence-corrected chi connectivity index (χ3v) is 6.05. The van der Waals surface area contributed by atoms with Gasteiger partial charge in [0.25, 0.3) is 5.91 Å². The van der Waals surface area contributed by atoms with Crippen molar-refractivity contribution in [2.24, 2.45) is 0 Å². The topological polar surface area (TPSA) is 62.3 Å². The van der Waals surface area contributed by atoms with Crippen molar-refractivity contribution in [2.75, 3.05) is 52.5 Å². The number of morpholine rings is 1. The lowest BCUT2D eigenvalue weighted by atomic mass is 10.1. The minimum atomic E-state index is 0.0269. The summed E-state index contributed by atoms with van der Waals surface area (Å²) in [5.41, 5.74) is 0.654. The van der Waals surface area contributed by atoms with Gasteiger partial charge >= 0.3 is 6.03 Å². The molecule has 0 saturated carbocycles. The number of para-hydroxylation sites is 1. The zero-order valence-corrected chi connectivity index (χ0v) is 17.1. The molecule has 3 aliphatic heterocycles. The van der Waals surface area contributed by atoms with Crippen LogP contribution in [0.3, 0.4) is 0 Å². The van der Waals surface area contributed by atoms with Crippen LogP contribution in [0.15, 0.2) is 24.3 Å². The normalized spacial score (nSPS) is 21.2. The van der Waals surface area contributed by atoms with Crippen LogP contribution >= 0.6 is 0 Å². The monoisotopic (exact) mass is 401 g/mol. The van der Waals surface area contributed by atoms with Crippen LogP contribution in [0.25, 0.3) is 0 Å². The Bertz CT molecular complexity index is 706. The van der Waals surface area contributed by atoms with E-state index in [0.717, 1.165) is 38.8 Å². The lowest BCUT2D eigenvalue weighted by Crippen LogP contribution is -2.51. The van der Waals surface area contributed by atoms with E-state index in [9.17, 15) is 9.59 Å². The molecule has 0 aromatic heterocycles. The number of hydrogen-bond donors (Lipinski definition) is 0. The number of nitrogens with zero attached hydrogens (tertiary/aromatic N) is 3. The highest BCUT2D eigenvalue weighted by molar-refractivity contribution is 5.97. The van der Waals surface area contributed by atoms with Crippen molar-refractivity contribution in [3.8, 4) is 5.75 Å². The number of rotatable bonds is 3. The standard InChI is InChI=1S/C22H31N3O4/c26-21(23-10-4-1-5-11-23)19-6-2-3-7-20(19)29-18-8-12-24(13-9-18)22(27)25-14-16-28-17-15-25/h2-3,6-7,18H,1,4-5,8-17H2. The second kappa shape index (κ2) is 9.48. The average Bonchev–Trinajstić information content (AvgIpc) is 2.80. The molecule has 3 heterocycles. The molecule has 3 aliphatic rings. The minimum absolute atomic E-state index is 0.0269. The first-order valence-corrected chi connectivity index (χ1v) is 10.9. The smallest absolute Gasteiger partial charge is 0.320 e. The first-order chi connectivity index (χ1) is 14.2. The molecule has 3 amide bonds. The number of benzene rings is 1. The first kappa shape index (κ1) is 20.0. The lowest BCUT2D eigenvalue weighted by molar-refractivity contribution is 0.0359. The fourth-order valence-electron chi connectivity index (χ4n) is 4.31. The summed E-state index contributed by atoms with van der Waals surface area (Å²) in [7, 11) is 0. The SMILES string of the molecule is O=C(c1ccccc1OC1CCN(C(=O)N2CCOCC2)CC1)N1CCCCC1. The number of urea groups is 1. The van der Waals surface area contributed by atoms with Gasteiger partial charge < -0.3 is 24.2 Å². The third kappa shape index (κ3) is 4.83. The van der Waals surface area contributed by atoms with Gasteiger partial charge in [-0.3, -0.25) is 4.79 Å². The van der Waals surface area contributed by atoms with Crippen molar-refractivity contribution >= 4 is 11.9 Å². The van der Waals surface area contributed by atoms with Crippen LogP contribution in [-0.2, 0) is 4.74 Å². The number of ether oxygens (including phenoxy) is 2. The molecule has 0 spiro atoms. The summed E-state index contributed by atoms with van der Waals surface area (Å²) < 4.78 is 11.6. The summed E-state index contributed by atoms with van der Waals surface area (Å²) in [6, 6.07) is 7.67. The molecule has 1 aromatic rings. The molecule has 0 bridgehead atoms. The van der Waals surface area contributed by atoms with Crippen molar-refractivity contribution < 1.29 is 19.1 Å². The Balaban J connectivity index is 1.33. The molecule has 3 saturated heterocycles. The van der Waals surface area contributed by atoms with Crippen LogP contribution in [-0.4, -0.2) is 85.2 Å². The maximum Gasteiger partial charge on any atom is 0.320 e. The molecule has 3 fully saturated rings. The predicted octanol–water partition coefficient (Wildman–Crippen LogP) is 2.61. The van der Waals surface area contributed by atoms with Crippen LogP contribution in [0, 0.1) is 0 Å². The van der Waals surface area contributed by atoms with Crippen molar-refractivity contribution in [1.82, 2.24) is 14.7 Å². The number of hydrogen-bond acceptors (Lipinski definition) is 4. The van der Waals surface area contributed by atoms with E-state index in [4.69, 9.17) is 9.47 Å². The van der Waals surface area contributed by atoms with Crippen LogP contribution in [0.2, 0.25) is 0 Å². The minimum Gasteiger partial charge on any atom is -0.489 e. The summed E-state index contributed by atoms with van der Waals surface area (Å²) in [5, 5.41) is 0. The van der Waals surface area contributed by atoms with Gasteiger partial charge in [-0.15, -0.1) is 0 Å². The van der Waals surface area contributed by atoms with Gasteiger partial charge in [-0.05, 0) is 31.4 Å². The summed E-state index contributed by atoms with van der Waals surface area (Å²) in [4.78, 5) is 31.3. The quantitative estimate of drug-likeness (QED) is 0.781. The Kier molecular flexibility index (Phi) is 6.54. The Morgan fingerprint density at radius 2 is 1.48 bits per heavy atom. The van der Waals surface area contributed by atoms with Gasteiger partial charge in [-0.25, -0.2) is 4.79 Å². The van der Waals surface area contributed by atoms with E-state index >= 15 is 0 Å². The fourth-order valence-corrected chi connectivity index (χ4v) is 4.31. The van der Waals surface area contributed by atoms with Crippen molar-refractivity contribution in [3.63, 3.8) is 0 Å². The molecule has 158 valence electrons. The first-order valence-electron chi connectivity index (χ1n) is 10.9. The lowest BCUT2D eigenvalue weighted by Gasteiger charge is -2.37. The van der Waals surface area contributed by atoms with E-state index in [-0.39, 0.29) is 18.0 Å². The molecule has 0 unspecified atom stereocenters. The van der Waals surface area contributed by atoms with E-state index in [1.807, 2.05) is 39.0 Å². The number of amides is 3. The van der Waals surface area contributed by atoms with Gasteiger partial charge in [-0.2, -0.15) is 0 Å². The molecule has 29 heavy (non-hydrogen) atoms. The van der Waals surface area contributed by atoms with E-state index < -0.39 is 0 Å². The zero-order chi connectivity index (χ0) is 20.1. The summed E-state index contributed by atoms with van der Waals surface area (Å²) in [5.74, 6) is 0.737. The van der Waals surface area contributed by atoms with E-state index in [1.165, 1.54) is 6.42 Å². The maximum absolute atomic E-state index is 13.0. The molecule has 1 aromatic carbocycles. The number of piperidine rings is 2. The summed E-state index contributed by atoms with van der Waals surface area (Å²) in [6.45, 7) is 5.60. The highest BCUT2D eigenvalue weighted by Crippen LogP contribution is 2.26. The Hall–Kier alpha value is -2.28. The number of carbonyl (C=O) groups is 2. The largest absolute Gasteiger partial charge is 0.489 e. The molecule has 7 heteroatoms. The number of carbonyl (C=O) groups excluding carboxylic acids is 2. The predicted molar refractivity (Wildman–Crippen MR) is 109 cm³/mol. The molecule has 4 rings (SSSR count). The molecular formula is C22H31N3O4. The molecule has 0 atom stereocenters. The Morgan fingerprint density at radius 1 is 0.828 bits per heavy atom. The van der Waals surface area contributed by atoms with Crippen LogP contribution in [0.4, 0.5) is 4.79 Å². The number of likely N-dealkylation sites (tertiary alicyclic amines) is 2. The molecule has 0 N–H and O–H groups in total. The third-order valence-electron chi connectivity index (χ3n) is 6.05. The van der Waals surface area contributed by atoms with Crippen molar-refractivity contribution in [3.05, 3.63) is 29.8 Å². The Labute approximate surface area is 172 Å². The maximum atomic E-state index is 13.0. The second-order valence-electron chi connectivity index (χ2n) is 8.04. The van der Waals surface area contributed by atoms with Crippen molar-refractivity contribution in [2.45, 2.75) is 38.2 Å². The van der Waals surface area contributed by atoms with Gasteiger partial charge in [0.2, 0.25) is 0 Å². The molecule has 0 aliphatic carbocycles. The van der Waals surface area contributed by atoms with E-state index in [1.54, 1.807) is 0 Å². The summed E-state index contributed by atoms with van der Waals surface area (Å²) in [6.07, 6.45) is 4.93. The molecule has 0 radical (unpaired) electrons. The highest BCUT2D eigenvalue weighted by atomic mass is 16.5. The molecule has 7 nitrogen and oxygen atoms in total. The van der Waals surface area contributed by atoms with Crippen LogP contribution in [0.1, 0.15) is 42.5 Å². The van der Waals surface area contributed by atoms with Gasteiger partial charge in [0.15, 0.2) is 0 Å². The van der Waals surface area contributed by atoms with Crippen LogP contribution in [0.5, 0.6) is 5.75 Å².